The Bertz CT molecular complexity index is 616. The van der Waals surface area contributed by atoms with Gasteiger partial charge in [-0.1, -0.05) is 45.2 Å². The van der Waals surface area contributed by atoms with Crippen LogP contribution in [0, 0.1) is 34.5 Å². The molecule has 0 aliphatic heterocycles. The lowest BCUT2D eigenvalue weighted by Crippen LogP contribution is -2.37. The van der Waals surface area contributed by atoms with E-state index in [2.05, 4.69) is 44.2 Å². The van der Waals surface area contributed by atoms with E-state index in [1.54, 1.807) is 0 Å². The van der Waals surface area contributed by atoms with Crippen LogP contribution < -0.4 is 4.74 Å². The molecule has 148 valence electrons. The van der Waals surface area contributed by atoms with Gasteiger partial charge in [0.15, 0.2) is 0 Å². The first-order valence-corrected chi connectivity index (χ1v) is 11.3. The molecule has 0 aromatic heterocycles. The zero-order chi connectivity index (χ0) is 19.1. The van der Waals surface area contributed by atoms with Crippen molar-refractivity contribution in [1.29, 1.82) is 5.26 Å². The third-order valence-corrected chi connectivity index (χ3v) is 7.21. The van der Waals surface area contributed by atoms with Gasteiger partial charge in [-0.15, -0.1) is 0 Å². The van der Waals surface area contributed by atoms with Crippen LogP contribution in [0.1, 0.15) is 83.6 Å². The molecule has 2 saturated carbocycles. The van der Waals surface area contributed by atoms with Crippen LogP contribution in [0.15, 0.2) is 24.3 Å². The summed E-state index contributed by atoms with van der Waals surface area (Å²) in [6.45, 7) is 5.29. The third kappa shape index (κ3) is 5.28. The number of ether oxygens (including phenoxy) is 1. The summed E-state index contributed by atoms with van der Waals surface area (Å²) in [6.07, 6.45) is 13.4. The summed E-state index contributed by atoms with van der Waals surface area (Å²) >= 11 is 0. The average Bonchev–Trinajstić information content (AvgIpc) is 2.72. The molecule has 0 N–H and O–H groups in total. The molecule has 0 saturated heterocycles. The third-order valence-electron chi connectivity index (χ3n) is 7.21. The zero-order valence-electron chi connectivity index (χ0n) is 17.4. The monoisotopic (exact) mass is 367 g/mol. The van der Waals surface area contributed by atoms with Crippen LogP contribution in [0.5, 0.6) is 5.75 Å². The predicted molar refractivity (Wildman–Crippen MR) is 112 cm³/mol. The lowest BCUT2D eigenvalue weighted by atomic mass is 9.59. The molecule has 0 amide bonds. The summed E-state index contributed by atoms with van der Waals surface area (Å²) in [5.74, 6) is 3.30. The first-order valence-electron chi connectivity index (χ1n) is 11.3. The maximum Gasteiger partial charge on any atom is 0.119 e. The van der Waals surface area contributed by atoms with E-state index < -0.39 is 0 Å². The summed E-state index contributed by atoms with van der Waals surface area (Å²) in [5, 5.41) is 9.86. The highest BCUT2D eigenvalue weighted by molar-refractivity contribution is 5.27. The number of hydrogen-bond acceptors (Lipinski definition) is 2. The second kappa shape index (κ2) is 9.63. The number of fused-ring (bicyclic) bond motifs is 1. The van der Waals surface area contributed by atoms with Crippen LogP contribution in [-0.4, -0.2) is 6.61 Å². The van der Waals surface area contributed by atoms with Crippen molar-refractivity contribution in [2.24, 2.45) is 23.2 Å². The quantitative estimate of drug-likeness (QED) is 0.466. The van der Waals surface area contributed by atoms with Crippen molar-refractivity contribution in [3.05, 3.63) is 29.8 Å². The van der Waals surface area contributed by atoms with Gasteiger partial charge in [0.2, 0.25) is 0 Å². The Morgan fingerprint density at radius 3 is 2.59 bits per heavy atom. The lowest BCUT2D eigenvalue weighted by molar-refractivity contribution is 0.0507. The molecular weight excluding hydrogens is 330 g/mol. The molecule has 1 aromatic rings. The van der Waals surface area contributed by atoms with Gasteiger partial charge < -0.3 is 4.74 Å². The minimum Gasteiger partial charge on any atom is -0.493 e. The van der Waals surface area contributed by atoms with E-state index in [4.69, 9.17) is 4.74 Å². The first kappa shape index (κ1) is 20.2. The van der Waals surface area contributed by atoms with Crippen LogP contribution in [0.4, 0.5) is 0 Å². The van der Waals surface area contributed by atoms with Crippen LogP contribution in [0.25, 0.3) is 0 Å². The highest BCUT2D eigenvalue weighted by Gasteiger charge is 2.43. The van der Waals surface area contributed by atoms with Crippen LogP contribution in [0.2, 0.25) is 0 Å². The Balaban J connectivity index is 1.47. The normalized spacial score (nSPS) is 30.3. The van der Waals surface area contributed by atoms with Crippen molar-refractivity contribution in [2.75, 3.05) is 6.61 Å². The van der Waals surface area contributed by atoms with Gasteiger partial charge in [-0.2, -0.15) is 5.26 Å². The number of nitrogens with zero attached hydrogens (tertiary/aromatic N) is 1. The highest BCUT2D eigenvalue weighted by Crippen LogP contribution is 2.51. The maximum atomic E-state index is 9.86. The Morgan fingerprint density at radius 2 is 1.89 bits per heavy atom. The average molecular weight is 368 g/mol. The van der Waals surface area contributed by atoms with Crippen molar-refractivity contribution < 1.29 is 4.74 Å². The predicted octanol–water partition coefficient (Wildman–Crippen LogP) is 6.93. The van der Waals surface area contributed by atoms with Gasteiger partial charge in [-0.3, -0.25) is 0 Å². The van der Waals surface area contributed by atoms with Crippen molar-refractivity contribution in [3.63, 3.8) is 0 Å². The second-order valence-electron chi connectivity index (χ2n) is 9.10. The second-order valence-corrected chi connectivity index (χ2v) is 9.10. The molecule has 0 spiro atoms. The van der Waals surface area contributed by atoms with Gasteiger partial charge in [-0.25, -0.2) is 0 Å². The smallest absolute Gasteiger partial charge is 0.119 e. The molecule has 2 heteroatoms. The molecule has 2 unspecified atom stereocenters. The SMILES string of the molecule is CCCCC[C@]1(C#N)CC[C@@H]2CC(COc3ccc(CC)cc3)CCC2C1. The largest absolute Gasteiger partial charge is 0.493 e. The molecular formula is C25H37NO. The molecule has 1 aromatic carbocycles. The fourth-order valence-electron chi connectivity index (χ4n) is 5.40. The van der Waals surface area contributed by atoms with E-state index >= 15 is 0 Å². The molecule has 2 aliphatic carbocycles. The van der Waals surface area contributed by atoms with Gasteiger partial charge in [0.05, 0.1) is 18.1 Å². The molecule has 2 aliphatic rings. The number of rotatable bonds is 8. The Kier molecular flexibility index (Phi) is 7.22. The van der Waals surface area contributed by atoms with E-state index in [1.807, 2.05) is 0 Å². The molecule has 3 rings (SSSR count). The minimum atomic E-state index is -0.0132. The van der Waals surface area contributed by atoms with E-state index in [0.717, 1.165) is 49.9 Å². The van der Waals surface area contributed by atoms with Crippen molar-refractivity contribution in [3.8, 4) is 11.8 Å². The van der Waals surface area contributed by atoms with Gasteiger partial charge in [0.1, 0.15) is 5.75 Å². The van der Waals surface area contributed by atoms with Gasteiger partial charge in [0.25, 0.3) is 0 Å². The summed E-state index contributed by atoms with van der Waals surface area (Å²) in [5.41, 5.74) is 1.35. The van der Waals surface area contributed by atoms with E-state index in [9.17, 15) is 5.26 Å². The summed E-state index contributed by atoms with van der Waals surface area (Å²) in [4.78, 5) is 0. The lowest BCUT2D eigenvalue weighted by Gasteiger charge is -2.45. The van der Waals surface area contributed by atoms with Crippen molar-refractivity contribution >= 4 is 0 Å². The molecule has 27 heavy (non-hydrogen) atoms. The number of unbranched alkanes of at least 4 members (excludes halogenated alkanes) is 2. The van der Waals surface area contributed by atoms with Crippen molar-refractivity contribution in [2.45, 2.75) is 84.5 Å². The van der Waals surface area contributed by atoms with Gasteiger partial charge in [0, 0.05) is 0 Å². The first-order chi connectivity index (χ1) is 13.2. The Labute approximate surface area is 166 Å². The zero-order valence-corrected chi connectivity index (χ0v) is 17.4. The van der Waals surface area contributed by atoms with Crippen molar-refractivity contribution in [1.82, 2.24) is 0 Å². The van der Waals surface area contributed by atoms with E-state index in [0.29, 0.717) is 5.92 Å². The van der Waals surface area contributed by atoms with E-state index in [-0.39, 0.29) is 5.41 Å². The molecule has 0 radical (unpaired) electrons. The number of aryl methyl sites for hydroxylation is 1. The van der Waals surface area contributed by atoms with Gasteiger partial charge >= 0.3 is 0 Å². The summed E-state index contributed by atoms with van der Waals surface area (Å²) in [6, 6.07) is 11.3. The number of nitriles is 1. The number of benzene rings is 1. The Hall–Kier alpha value is -1.49. The standard InChI is InChI=1S/C25H37NO/c1-3-5-6-14-25(19-26)15-13-22-16-21(7-10-23(22)17-25)18-27-24-11-8-20(4-2)9-12-24/h8-9,11-12,21-23H,3-7,10,13-18H2,1-2H3/t21?,22-,23?,25+/m1/s1. The Morgan fingerprint density at radius 1 is 1.07 bits per heavy atom. The van der Waals surface area contributed by atoms with E-state index in [1.165, 1.54) is 50.5 Å². The van der Waals surface area contributed by atoms with Crippen LogP contribution in [0.3, 0.4) is 0 Å². The van der Waals surface area contributed by atoms with Crippen LogP contribution in [-0.2, 0) is 6.42 Å². The molecule has 2 nitrogen and oxygen atoms in total. The highest BCUT2D eigenvalue weighted by atomic mass is 16.5. The fourth-order valence-corrected chi connectivity index (χ4v) is 5.40. The molecule has 4 atom stereocenters. The molecule has 2 fully saturated rings. The topological polar surface area (TPSA) is 33.0 Å². The van der Waals surface area contributed by atoms with Crippen LogP contribution >= 0.6 is 0 Å². The minimum absolute atomic E-state index is 0.0132. The van der Waals surface area contributed by atoms with Gasteiger partial charge in [-0.05, 0) is 86.8 Å². The maximum absolute atomic E-state index is 9.86. The molecule has 0 bridgehead atoms. The number of hydrogen-bond donors (Lipinski definition) is 0. The summed E-state index contributed by atoms with van der Waals surface area (Å²) < 4.78 is 6.10. The molecule has 0 heterocycles. The summed E-state index contributed by atoms with van der Waals surface area (Å²) in [7, 11) is 0. The fraction of sp³-hybridized carbons (Fsp3) is 0.720.